The molecule has 0 bridgehead atoms. The number of anilines is 1. The highest BCUT2D eigenvalue weighted by Crippen LogP contribution is 2.32. The number of benzene rings is 1. The van der Waals surface area contributed by atoms with Crippen molar-refractivity contribution >= 4 is 15.8 Å². The van der Waals surface area contributed by atoms with Crippen molar-refractivity contribution < 1.29 is 22.3 Å². The molecule has 0 spiro atoms. The standard InChI is InChI=1S/C19H15FN4O4S/c1-2-27-19-17(4-3-9-22-19)28-16-7-6-15(10-13(16)11-21)29(25,26)24-18-8-5-14(20)12-23-18/h3-10,12H,2H2,1H3,(H,23,24). The summed E-state index contributed by atoms with van der Waals surface area (Å²) in [6.45, 7) is 2.17. The minimum Gasteiger partial charge on any atom is -0.475 e. The molecule has 0 aliphatic rings. The first-order valence-electron chi connectivity index (χ1n) is 8.37. The number of aromatic nitrogens is 2. The van der Waals surface area contributed by atoms with Crippen molar-refractivity contribution in [1.82, 2.24) is 9.97 Å². The number of pyridine rings is 2. The molecule has 10 heteroatoms. The van der Waals surface area contributed by atoms with Crippen molar-refractivity contribution in [2.45, 2.75) is 11.8 Å². The zero-order chi connectivity index (χ0) is 20.9. The van der Waals surface area contributed by atoms with Gasteiger partial charge < -0.3 is 9.47 Å². The molecular weight excluding hydrogens is 399 g/mol. The molecule has 3 rings (SSSR count). The fourth-order valence-electron chi connectivity index (χ4n) is 2.30. The van der Waals surface area contributed by atoms with Crippen molar-refractivity contribution in [2.24, 2.45) is 0 Å². The Morgan fingerprint density at radius 1 is 1.17 bits per heavy atom. The summed E-state index contributed by atoms with van der Waals surface area (Å²) in [4.78, 5) is 7.54. The Kier molecular flexibility index (Phi) is 5.90. The minimum absolute atomic E-state index is 0.00811. The average molecular weight is 414 g/mol. The van der Waals surface area contributed by atoms with Crippen LogP contribution >= 0.6 is 0 Å². The molecule has 0 unspecified atom stereocenters. The van der Waals surface area contributed by atoms with Crippen molar-refractivity contribution in [3.63, 3.8) is 0 Å². The molecule has 1 N–H and O–H groups in total. The SMILES string of the molecule is CCOc1ncccc1Oc1ccc(S(=O)(=O)Nc2ccc(F)cn2)cc1C#N. The predicted octanol–water partition coefficient (Wildman–Crippen LogP) is 3.48. The summed E-state index contributed by atoms with van der Waals surface area (Å²) in [5.74, 6) is 0.0278. The third-order valence-corrected chi connectivity index (χ3v) is 4.94. The number of rotatable bonds is 7. The lowest BCUT2D eigenvalue weighted by atomic mass is 10.2. The molecule has 148 valence electrons. The minimum atomic E-state index is -4.04. The van der Waals surface area contributed by atoms with Gasteiger partial charge in [0.2, 0.25) is 0 Å². The summed E-state index contributed by atoms with van der Waals surface area (Å²) in [5.41, 5.74) is -0.00811. The maximum Gasteiger partial charge on any atom is 0.263 e. The van der Waals surface area contributed by atoms with Gasteiger partial charge in [0.05, 0.1) is 23.3 Å². The van der Waals surface area contributed by atoms with E-state index in [0.717, 1.165) is 18.3 Å². The van der Waals surface area contributed by atoms with Gasteiger partial charge in [0.1, 0.15) is 23.5 Å². The molecule has 0 radical (unpaired) electrons. The number of nitrogens with zero attached hydrogens (tertiary/aromatic N) is 3. The third-order valence-electron chi connectivity index (χ3n) is 3.59. The predicted molar refractivity (Wildman–Crippen MR) is 102 cm³/mol. The fraction of sp³-hybridized carbons (Fsp3) is 0.105. The third kappa shape index (κ3) is 4.77. The molecule has 2 heterocycles. The Bertz CT molecular complexity index is 1160. The number of nitrogens with one attached hydrogen (secondary N) is 1. The van der Waals surface area contributed by atoms with Crippen LogP contribution in [0.25, 0.3) is 0 Å². The van der Waals surface area contributed by atoms with Crippen molar-refractivity contribution in [1.29, 1.82) is 5.26 Å². The van der Waals surface area contributed by atoms with Crippen LogP contribution in [0.4, 0.5) is 10.2 Å². The number of hydrogen-bond donors (Lipinski definition) is 1. The van der Waals surface area contributed by atoms with Crippen molar-refractivity contribution in [2.75, 3.05) is 11.3 Å². The van der Waals surface area contributed by atoms with Crippen LogP contribution in [0.2, 0.25) is 0 Å². The molecule has 29 heavy (non-hydrogen) atoms. The second kappa shape index (κ2) is 8.53. The molecule has 0 fully saturated rings. The zero-order valence-electron chi connectivity index (χ0n) is 15.2. The first kappa shape index (κ1) is 20.0. The van der Waals surface area contributed by atoms with E-state index in [0.29, 0.717) is 6.61 Å². The van der Waals surface area contributed by atoms with Gasteiger partial charge in [-0.2, -0.15) is 5.26 Å². The summed E-state index contributed by atoms with van der Waals surface area (Å²) in [6.07, 6.45) is 2.42. The van der Waals surface area contributed by atoms with Crippen LogP contribution in [0.3, 0.4) is 0 Å². The highest BCUT2D eigenvalue weighted by atomic mass is 32.2. The summed E-state index contributed by atoms with van der Waals surface area (Å²) >= 11 is 0. The van der Waals surface area contributed by atoms with E-state index in [1.807, 2.05) is 6.07 Å². The molecule has 2 aromatic heterocycles. The summed E-state index contributed by atoms with van der Waals surface area (Å²) in [5, 5.41) is 9.43. The Labute approximate surface area is 166 Å². The highest BCUT2D eigenvalue weighted by molar-refractivity contribution is 7.92. The lowest BCUT2D eigenvalue weighted by Crippen LogP contribution is -2.14. The molecule has 0 saturated heterocycles. The molecule has 0 aliphatic heterocycles. The lowest BCUT2D eigenvalue weighted by Gasteiger charge is -2.12. The van der Waals surface area contributed by atoms with Crippen LogP contribution in [-0.4, -0.2) is 25.0 Å². The van der Waals surface area contributed by atoms with Crippen LogP contribution in [0.15, 0.2) is 59.8 Å². The molecular formula is C19H15FN4O4S. The lowest BCUT2D eigenvalue weighted by molar-refractivity contribution is 0.308. The zero-order valence-corrected chi connectivity index (χ0v) is 16.0. The van der Waals surface area contributed by atoms with Gasteiger partial charge in [0, 0.05) is 6.20 Å². The van der Waals surface area contributed by atoms with Gasteiger partial charge >= 0.3 is 0 Å². The molecule has 8 nitrogen and oxygen atoms in total. The van der Waals surface area contributed by atoms with Gasteiger partial charge in [-0.1, -0.05) is 0 Å². The molecule has 3 aromatic rings. The second-order valence-corrected chi connectivity index (χ2v) is 7.26. The molecule has 0 amide bonds. The van der Waals surface area contributed by atoms with E-state index in [-0.39, 0.29) is 33.7 Å². The maximum atomic E-state index is 12.9. The molecule has 0 aliphatic carbocycles. The van der Waals surface area contributed by atoms with Crippen molar-refractivity contribution in [3.05, 3.63) is 66.2 Å². The highest BCUT2D eigenvalue weighted by Gasteiger charge is 2.18. The Morgan fingerprint density at radius 2 is 2.00 bits per heavy atom. The maximum absolute atomic E-state index is 12.9. The quantitative estimate of drug-likeness (QED) is 0.629. The largest absolute Gasteiger partial charge is 0.475 e. The van der Waals surface area contributed by atoms with Gasteiger partial charge in [0.15, 0.2) is 5.75 Å². The van der Waals surface area contributed by atoms with Crippen LogP contribution in [0.5, 0.6) is 17.4 Å². The van der Waals surface area contributed by atoms with Gasteiger partial charge in [-0.15, -0.1) is 0 Å². The van der Waals surface area contributed by atoms with Crippen LogP contribution in [0, 0.1) is 17.1 Å². The average Bonchev–Trinajstić information content (AvgIpc) is 2.71. The smallest absolute Gasteiger partial charge is 0.263 e. The van der Waals surface area contributed by atoms with E-state index in [2.05, 4.69) is 14.7 Å². The molecule has 1 aromatic carbocycles. The van der Waals surface area contributed by atoms with Crippen molar-refractivity contribution in [3.8, 4) is 23.4 Å². The number of ether oxygens (including phenoxy) is 2. The monoisotopic (exact) mass is 414 g/mol. The Morgan fingerprint density at radius 3 is 2.69 bits per heavy atom. The fourth-order valence-corrected chi connectivity index (χ4v) is 3.34. The Hall–Kier alpha value is -3.71. The molecule has 0 atom stereocenters. The van der Waals surface area contributed by atoms with Crippen LogP contribution in [-0.2, 0) is 10.0 Å². The topological polar surface area (TPSA) is 114 Å². The van der Waals surface area contributed by atoms with E-state index in [1.165, 1.54) is 24.4 Å². The second-order valence-electron chi connectivity index (χ2n) is 5.58. The van der Waals surface area contributed by atoms with E-state index in [4.69, 9.17) is 9.47 Å². The van der Waals surface area contributed by atoms with E-state index in [9.17, 15) is 18.1 Å². The Balaban J connectivity index is 1.89. The van der Waals surface area contributed by atoms with Crippen LogP contribution < -0.4 is 14.2 Å². The normalized spacial score (nSPS) is 10.8. The first-order valence-corrected chi connectivity index (χ1v) is 9.85. The number of nitriles is 1. The van der Waals surface area contributed by atoms with Gasteiger partial charge in [-0.05, 0) is 49.4 Å². The van der Waals surface area contributed by atoms with E-state index in [1.54, 1.807) is 19.1 Å². The molecule has 0 saturated carbocycles. The van der Waals surface area contributed by atoms with E-state index >= 15 is 0 Å². The first-order chi connectivity index (χ1) is 13.9. The van der Waals surface area contributed by atoms with Gasteiger partial charge in [-0.3, -0.25) is 4.72 Å². The van der Waals surface area contributed by atoms with E-state index < -0.39 is 15.8 Å². The van der Waals surface area contributed by atoms with Crippen LogP contribution in [0.1, 0.15) is 12.5 Å². The summed E-state index contributed by atoms with van der Waals surface area (Å²) < 4.78 is 51.3. The van der Waals surface area contributed by atoms with Gasteiger partial charge in [-0.25, -0.2) is 22.8 Å². The number of sulfonamides is 1. The summed E-state index contributed by atoms with van der Waals surface area (Å²) in [7, 11) is -4.04. The number of hydrogen-bond acceptors (Lipinski definition) is 7. The summed E-state index contributed by atoms with van der Waals surface area (Å²) in [6, 6.07) is 11.2. The van der Waals surface area contributed by atoms with Gasteiger partial charge in [0.25, 0.3) is 15.9 Å². The number of halogens is 1.